The highest BCUT2D eigenvalue weighted by Crippen LogP contribution is 2.40. The smallest absolute Gasteiger partial charge is 0.269 e. The highest BCUT2D eigenvalue weighted by Gasteiger charge is 2.24. The Bertz CT molecular complexity index is 1560. The largest absolute Gasteiger partial charge is 0.456 e. The lowest BCUT2D eigenvalue weighted by Crippen LogP contribution is -2.42. The second kappa shape index (κ2) is 10.7. The monoisotopic (exact) mass is 550 g/mol. The van der Waals surface area contributed by atoms with E-state index in [0.717, 1.165) is 36.9 Å². The van der Waals surface area contributed by atoms with Gasteiger partial charge in [0, 0.05) is 41.5 Å². The molecule has 0 aromatic carbocycles. The molecule has 2 aliphatic rings. The average molecular weight is 551 g/mol. The fourth-order valence-corrected chi connectivity index (χ4v) is 5.97. The maximum absolute atomic E-state index is 12.8. The molecular formula is C27H30N6O5S. The van der Waals surface area contributed by atoms with E-state index in [1.165, 1.54) is 23.7 Å². The Morgan fingerprint density at radius 1 is 1.08 bits per heavy atom. The summed E-state index contributed by atoms with van der Waals surface area (Å²) in [7, 11) is 0. The number of rotatable bonds is 7. The summed E-state index contributed by atoms with van der Waals surface area (Å²) in [6.07, 6.45) is 7.30. The zero-order valence-corrected chi connectivity index (χ0v) is 22.1. The number of thiophene rings is 1. The third kappa shape index (κ3) is 5.10. The van der Waals surface area contributed by atoms with Crippen molar-refractivity contribution in [1.82, 2.24) is 4.98 Å². The molecule has 0 radical (unpaired) electrons. The van der Waals surface area contributed by atoms with Crippen LogP contribution in [0.3, 0.4) is 0 Å². The van der Waals surface area contributed by atoms with E-state index in [4.69, 9.17) is 25.0 Å². The summed E-state index contributed by atoms with van der Waals surface area (Å²) in [4.78, 5) is 31.4. The first-order valence-electron chi connectivity index (χ1n) is 13.0. The van der Waals surface area contributed by atoms with Crippen LogP contribution in [0, 0.1) is 0 Å². The fourth-order valence-electron chi connectivity index (χ4n) is 5.19. The van der Waals surface area contributed by atoms with Crippen LogP contribution in [0.5, 0.6) is 0 Å². The van der Waals surface area contributed by atoms with Gasteiger partial charge in [0.2, 0.25) is 11.0 Å². The summed E-state index contributed by atoms with van der Waals surface area (Å²) in [6.45, 7) is 2.39. The summed E-state index contributed by atoms with van der Waals surface area (Å²) in [5.74, 6) is -0.173. The number of primary amides is 1. The van der Waals surface area contributed by atoms with E-state index in [0.29, 0.717) is 54.7 Å². The third-order valence-corrected chi connectivity index (χ3v) is 8.01. The number of aromatic nitrogens is 1. The number of hydrogen-bond donors (Lipinski definition) is 4. The van der Waals surface area contributed by atoms with Gasteiger partial charge >= 0.3 is 0 Å². The molecule has 5 heterocycles. The number of nitrogens with two attached hydrogens (primary N) is 2. The molecule has 11 nitrogen and oxygen atoms in total. The summed E-state index contributed by atoms with van der Waals surface area (Å²) in [6, 6.07) is 3.46. The van der Waals surface area contributed by atoms with Crippen LogP contribution < -0.4 is 32.4 Å². The Hall–Kier alpha value is -3.87. The number of anilines is 4. The average Bonchev–Trinajstić information content (AvgIpc) is 3.57. The molecule has 2 atom stereocenters. The molecule has 1 saturated heterocycles. The minimum absolute atomic E-state index is 0.0563. The molecule has 1 saturated carbocycles. The van der Waals surface area contributed by atoms with Crippen LogP contribution in [0.2, 0.25) is 0 Å². The van der Waals surface area contributed by atoms with Crippen LogP contribution in [0.1, 0.15) is 36.2 Å². The van der Waals surface area contributed by atoms with Crippen molar-refractivity contribution in [3.8, 4) is 11.1 Å². The summed E-state index contributed by atoms with van der Waals surface area (Å²) >= 11 is 1.46. The molecule has 0 unspecified atom stereocenters. The van der Waals surface area contributed by atoms with Crippen molar-refractivity contribution in [2.75, 3.05) is 41.8 Å². The van der Waals surface area contributed by atoms with E-state index in [9.17, 15) is 9.59 Å². The number of carbonyl (C=O) groups is 1. The molecule has 0 bridgehead atoms. The molecule has 1 aliphatic heterocycles. The first-order valence-corrected chi connectivity index (χ1v) is 14.0. The Balaban J connectivity index is 1.34. The molecule has 2 fully saturated rings. The lowest BCUT2D eigenvalue weighted by atomic mass is 9.91. The van der Waals surface area contributed by atoms with Gasteiger partial charge < -0.3 is 40.6 Å². The Labute approximate surface area is 228 Å². The van der Waals surface area contributed by atoms with Crippen LogP contribution in [0.4, 0.5) is 22.9 Å². The highest BCUT2D eigenvalue weighted by molar-refractivity contribution is 7.08. The Kier molecular flexibility index (Phi) is 6.98. The minimum Gasteiger partial charge on any atom is -0.456 e. The van der Waals surface area contributed by atoms with E-state index in [-0.39, 0.29) is 28.8 Å². The topological polar surface area (TPSA) is 162 Å². The zero-order chi connectivity index (χ0) is 26.9. The van der Waals surface area contributed by atoms with Crippen LogP contribution >= 0.6 is 11.3 Å². The number of nitrogens with one attached hydrogen (secondary N) is 2. The van der Waals surface area contributed by atoms with Gasteiger partial charge in [-0.05, 0) is 18.9 Å². The van der Waals surface area contributed by atoms with E-state index >= 15 is 0 Å². The van der Waals surface area contributed by atoms with Crippen molar-refractivity contribution in [2.45, 2.75) is 37.8 Å². The predicted molar refractivity (Wildman–Crippen MR) is 151 cm³/mol. The van der Waals surface area contributed by atoms with Gasteiger partial charge in [0.15, 0.2) is 17.2 Å². The summed E-state index contributed by atoms with van der Waals surface area (Å²) in [5, 5.41) is 10.6. The van der Waals surface area contributed by atoms with Crippen molar-refractivity contribution >= 4 is 51.4 Å². The highest BCUT2D eigenvalue weighted by atomic mass is 32.1. The van der Waals surface area contributed by atoms with Crippen molar-refractivity contribution in [2.24, 2.45) is 11.5 Å². The maximum atomic E-state index is 12.8. The second-order valence-corrected chi connectivity index (χ2v) is 10.6. The van der Waals surface area contributed by atoms with Crippen molar-refractivity contribution in [3.63, 3.8) is 0 Å². The lowest BCUT2D eigenvalue weighted by molar-refractivity contribution is 0.0996. The minimum atomic E-state index is -0.648. The standard InChI is InChI=1S/C27H30N6O5S/c28-18-3-1-2-4-19(18)31-15-9-20(24(27(29)35)30-11-15)32-21-14-39-13-17(21)16-12-37-26-22(34)10-23(38-25(16)26)33-5-7-36-8-6-33/h9-14,18-19,31-32H,1-8,28H2,(H2,29,35)/t18-,19+/m1/s1. The zero-order valence-electron chi connectivity index (χ0n) is 21.3. The predicted octanol–water partition coefficient (Wildman–Crippen LogP) is 3.87. The van der Waals surface area contributed by atoms with Gasteiger partial charge in [-0.2, -0.15) is 0 Å². The molecule has 6 N–H and O–H groups in total. The van der Waals surface area contributed by atoms with E-state index in [1.807, 2.05) is 21.7 Å². The van der Waals surface area contributed by atoms with Crippen LogP contribution in [0.25, 0.3) is 22.3 Å². The Morgan fingerprint density at radius 3 is 2.69 bits per heavy atom. The number of nitrogens with zero attached hydrogens (tertiary/aromatic N) is 2. The molecule has 4 aromatic heterocycles. The number of amides is 1. The van der Waals surface area contributed by atoms with E-state index in [2.05, 4.69) is 15.6 Å². The van der Waals surface area contributed by atoms with Gasteiger partial charge in [-0.25, -0.2) is 4.98 Å². The molecule has 12 heteroatoms. The van der Waals surface area contributed by atoms with Gasteiger partial charge in [-0.3, -0.25) is 9.59 Å². The molecule has 204 valence electrons. The Morgan fingerprint density at radius 2 is 1.90 bits per heavy atom. The SMILES string of the molecule is NC(=O)c1ncc(N[C@H]2CCCC[C@H]2N)cc1Nc1cscc1-c1coc2c(=O)cc(N3CCOCC3)oc12. The number of pyridine rings is 1. The van der Waals surface area contributed by atoms with E-state index < -0.39 is 5.91 Å². The fraction of sp³-hybridized carbons (Fsp3) is 0.370. The normalized spacial score (nSPS) is 19.8. The second-order valence-electron chi connectivity index (χ2n) is 9.86. The number of hydrogen-bond acceptors (Lipinski definition) is 11. The first-order chi connectivity index (χ1) is 19.0. The van der Waals surface area contributed by atoms with Crippen LogP contribution in [-0.2, 0) is 4.74 Å². The first kappa shape index (κ1) is 25.4. The van der Waals surface area contributed by atoms with Gasteiger partial charge in [0.05, 0.1) is 48.1 Å². The van der Waals surface area contributed by atoms with Crippen molar-refractivity contribution < 1.29 is 18.4 Å². The van der Waals surface area contributed by atoms with E-state index in [1.54, 1.807) is 6.20 Å². The summed E-state index contributed by atoms with van der Waals surface area (Å²) in [5.41, 5.74) is 15.6. The molecule has 1 aliphatic carbocycles. The van der Waals surface area contributed by atoms with Gasteiger partial charge in [0.1, 0.15) is 6.26 Å². The molecule has 0 spiro atoms. The summed E-state index contributed by atoms with van der Waals surface area (Å²) < 4.78 is 17.3. The van der Waals surface area contributed by atoms with Crippen molar-refractivity contribution in [1.29, 1.82) is 0 Å². The third-order valence-electron chi connectivity index (χ3n) is 7.27. The number of furan rings is 1. The number of morpholine rings is 1. The van der Waals surface area contributed by atoms with Crippen molar-refractivity contribution in [3.05, 3.63) is 51.3 Å². The molecule has 1 amide bonds. The van der Waals surface area contributed by atoms with Gasteiger partial charge in [-0.1, -0.05) is 12.8 Å². The van der Waals surface area contributed by atoms with Crippen LogP contribution in [-0.4, -0.2) is 49.3 Å². The van der Waals surface area contributed by atoms with Gasteiger partial charge in [-0.15, -0.1) is 11.3 Å². The molecule has 4 aromatic rings. The van der Waals surface area contributed by atoms with Gasteiger partial charge in [0.25, 0.3) is 5.91 Å². The molecule has 39 heavy (non-hydrogen) atoms. The quantitative estimate of drug-likeness (QED) is 0.266. The lowest BCUT2D eigenvalue weighted by Gasteiger charge is -2.30. The number of carbonyl (C=O) groups excluding carboxylic acids is 1. The number of ether oxygens (including phenoxy) is 1. The molecular weight excluding hydrogens is 520 g/mol. The molecule has 6 rings (SSSR count). The van der Waals surface area contributed by atoms with Crippen LogP contribution in [0.15, 0.2) is 49.0 Å². The number of fused-ring (bicyclic) bond motifs is 1. The maximum Gasteiger partial charge on any atom is 0.269 e.